The van der Waals surface area contributed by atoms with Crippen molar-refractivity contribution >= 4 is 22.4 Å². The van der Waals surface area contributed by atoms with Crippen molar-refractivity contribution < 1.29 is 0 Å². The Balaban J connectivity index is 1.21. The fraction of sp³-hybridized carbons (Fsp3) is 0.464. The topological polar surface area (TPSA) is 71.3 Å². The molecule has 3 aromatic rings. The van der Waals surface area contributed by atoms with E-state index in [4.69, 9.17) is 4.98 Å². The van der Waals surface area contributed by atoms with Crippen molar-refractivity contribution in [1.82, 2.24) is 20.2 Å². The molecule has 3 aliphatic rings. The van der Waals surface area contributed by atoms with Crippen LogP contribution in [0.5, 0.6) is 0 Å². The second-order valence-electron chi connectivity index (χ2n) is 10.2. The van der Waals surface area contributed by atoms with Crippen LogP contribution in [0.2, 0.25) is 0 Å². The summed E-state index contributed by atoms with van der Waals surface area (Å²) in [7, 11) is 0. The van der Waals surface area contributed by atoms with Gasteiger partial charge in [0.25, 0.3) is 0 Å². The van der Waals surface area contributed by atoms with E-state index in [0.29, 0.717) is 23.6 Å². The highest BCUT2D eigenvalue weighted by molar-refractivity contribution is 5.95. The SMILES string of the molecule is C[C@@H]1CN(c2ccc(C#N)c3ncccc23)C[C@H]2C[C@H](c3ccc(N4CCNCC4)nc3)CCN21. The smallest absolute Gasteiger partial charge is 0.128 e. The summed E-state index contributed by atoms with van der Waals surface area (Å²) in [4.78, 5) is 17.0. The molecule has 180 valence electrons. The van der Waals surface area contributed by atoms with E-state index in [2.05, 4.69) is 68.5 Å². The molecule has 0 unspecified atom stereocenters. The first-order chi connectivity index (χ1) is 17.2. The second-order valence-corrected chi connectivity index (χ2v) is 10.2. The van der Waals surface area contributed by atoms with Gasteiger partial charge < -0.3 is 15.1 Å². The quantitative estimate of drug-likeness (QED) is 0.633. The highest BCUT2D eigenvalue weighted by atomic mass is 15.3. The molecule has 0 amide bonds. The van der Waals surface area contributed by atoms with Gasteiger partial charge in [-0.05, 0) is 68.1 Å². The summed E-state index contributed by atoms with van der Waals surface area (Å²) in [6, 6.07) is 16.0. The van der Waals surface area contributed by atoms with E-state index >= 15 is 0 Å². The number of rotatable bonds is 3. The first kappa shape index (κ1) is 22.3. The second kappa shape index (κ2) is 9.44. The molecule has 6 rings (SSSR count). The number of anilines is 2. The predicted molar refractivity (Wildman–Crippen MR) is 140 cm³/mol. The fourth-order valence-corrected chi connectivity index (χ4v) is 6.32. The maximum Gasteiger partial charge on any atom is 0.128 e. The van der Waals surface area contributed by atoms with Crippen LogP contribution in [0.3, 0.4) is 0 Å². The highest BCUT2D eigenvalue weighted by Gasteiger charge is 2.37. The van der Waals surface area contributed by atoms with Gasteiger partial charge in [0.15, 0.2) is 0 Å². The summed E-state index contributed by atoms with van der Waals surface area (Å²) in [6.45, 7) is 9.61. The number of piperidine rings is 1. The van der Waals surface area contributed by atoms with Gasteiger partial charge in [-0.1, -0.05) is 6.07 Å². The molecule has 1 aromatic carbocycles. The predicted octanol–water partition coefficient (Wildman–Crippen LogP) is 3.37. The Morgan fingerprint density at radius 2 is 1.89 bits per heavy atom. The van der Waals surface area contributed by atoms with Crippen molar-refractivity contribution in [2.75, 3.05) is 55.6 Å². The van der Waals surface area contributed by atoms with Gasteiger partial charge in [0.05, 0.1) is 11.1 Å². The zero-order valence-electron chi connectivity index (χ0n) is 20.4. The zero-order valence-corrected chi connectivity index (χ0v) is 20.4. The molecule has 0 saturated carbocycles. The maximum absolute atomic E-state index is 9.54. The average molecular weight is 468 g/mol. The molecule has 2 aromatic heterocycles. The van der Waals surface area contributed by atoms with E-state index in [0.717, 1.165) is 69.0 Å². The van der Waals surface area contributed by atoms with Crippen LogP contribution in [-0.4, -0.2) is 72.8 Å². The lowest BCUT2D eigenvalue weighted by atomic mass is 9.83. The molecule has 5 heterocycles. The van der Waals surface area contributed by atoms with Crippen LogP contribution in [0.1, 0.15) is 36.8 Å². The van der Waals surface area contributed by atoms with Crippen LogP contribution in [0, 0.1) is 11.3 Å². The molecule has 0 radical (unpaired) electrons. The third-order valence-electron chi connectivity index (χ3n) is 8.13. The van der Waals surface area contributed by atoms with Crippen LogP contribution >= 0.6 is 0 Å². The molecule has 1 N–H and O–H groups in total. The van der Waals surface area contributed by atoms with E-state index in [1.807, 2.05) is 12.1 Å². The van der Waals surface area contributed by atoms with Crippen LogP contribution in [0.4, 0.5) is 11.5 Å². The molecular formula is C28H33N7. The molecule has 0 bridgehead atoms. The summed E-state index contributed by atoms with van der Waals surface area (Å²) < 4.78 is 0. The lowest BCUT2D eigenvalue weighted by Crippen LogP contribution is -2.60. The molecule has 3 aliphatic heterocycles. The Hall–Kier alpha value is -3.21. The minimum Gasteiger partial charge on any atom is -0.368 e. The normalized spacial score (nSPS) is 25.3. The molecule has 7 nitrogen and oxygen atoms in total. The number of nitrogens with one attached hydrogen (secondary N) is 1. The molecule has 35 heavy (non-hydrogen) atoms. The van der Waals surface area contributed by atoms with Crippen LogP contribution in [0.15, 0.2) is 48.8 Å². The van der Waals surface area contributed by atoms with Crippen molar-refractivity contribution in [2.45, 2.75) is 37.8 Å². The number of hydrogen-bond acceptors (Lipinski definition) is 7. The number of pyridine rings is 2. The highest BCUT2D eigenvalue weighted by Crippen LogP contribution is 2.37. The number of fused-ring (bicyclic) bond motifs is 2. The molecule has 7 heteroatoms. The van der Waals surface area contributed by atoms with E-state index < -0.39 is 0 Å². The van der Waals surface area contributed by atoms with Crippen molar-refractivity contribution in [2.24, 2.45) is 0 Å². The van der Waals surface area contributed by atoms with Gasteiger partial charge in [-0.2, -0.15) is 5.26 Å². The molecule has 3 atom stereocenters. The molecule has 0 aliphatic carbocycles. The summed E-state index contributed by atoms with van der Waals surface area (Å²) in [6.07, 6.45) is 6.25. The van der Waals surface area contributed by atoms with Gasteiger partial charge in [-0.3, -0.25) is 9.88 Å². The Morgan fingerprint density at radius 3 is 2.69 bits per heavy atom. The third kappa shape index (κ3) is 4.22. The minimum atomic E-state index is 0.491. The zero-order chi connectivity index (χ0) is 23.8. The van der Waals surface area contributed by atoms with Gasteiger partial charge in [0, 0.05) is 74.8 Å². The van der Waals surface area contributed by atoms with Crippen molar-refractivity contribution in [3.05, 3.63) is 59.9 Å². The third-order valence-corrected chi connectivity index (χ3v) is 8.13. The van der Waals surface area contributed by atoms with E-state index in [-0.39, 0.29) is 0 Å². The standard InChI is InChI=1S/C28H33N7/c1-20-18-34(26-6-4-22(16-29)28-25(26)3-2-9-31-28)19-24-15-21(8-12-35(20)24)23-5-7-27(32-17-23)33-13-10-30-11-14-33/h2-7,9,17,20-21,24,30H,8,10-15,18-19H2,1H3/t20-,21-,24-/m1/s1. The fourth-order valence-electron chi connectivity index (χ4n) is 6.32. The Morgan fingerprint density at radius 1 is 1.00 bits per heavy atom. The summed E-state index contributed by atoms with van der Waals surface area (Å²) >= 11 is 0. The van der Waals surface area contributed by atoms with Gasteiger partial charge >= 0.3 is 0 Å². The summed E-state index contributed by atoms with van der Waals surface area (Å²) in [5.41, 5.74) is 4.02. The summed E-state index contributed by atoms with van der Waals surface area (Å²) in [5.74, 6) is 1.65. The Kier molecular flexibility index (Phi) is 6.01. The number of nitriles is 1. The molecule has 3 saturated heterocycles. The first-order valence-electron chi connectivity index (χ1n) is 12.9. The number of benzene rings is 1. The lowest BCUT2D eigenvalue weighted by Gasteiger charge is -2.50. The molecule has 0 spiro atoms. The maximum atomic E-state index is 9.54. The van der Waals surface area contributed by atoms with E-state index in [1.165, 1.54) is 17.7 Å². The van der Waals surface area contributed by atoms with Crippen LogP contribution in [0.25, 0.3) is 10.9 Å². The largest absolute Gasteiger partial charge is 0.368 e. The van der Waals surface area contributed by atoms with Gasteiger partial charge in [0.1, 0.15) is 11.9 Å². The van der Waals surface area contributed by atoms with Gasteiger partial charge in [-0.25, -0.2) is 4.98 Å². The number of hydrogen-bond donors (Lipinski definition) is 1. The van der Waals surface area contributed by atoms with Gasteiger partial charge in [0.2, 0.25) is 0 Å². The summed E-state index contributed by atoms with van der Waals surface area (Å²) in [5, 5.41) is 14.0. The van der Waals surface area contributed by atoms with Crippen molar-refractivity contribution in [1.29, 1.82) is 5.26 Å². The Labute approximate surface area is 207 Å². The van der Waals surface area contributed by atoms with E-state index in [9.17, 15) is 5.26 Å². The van der Waals surface area contributed by atoms with Crippen LogP contribution in [-0.2, 0) is 0 Å². The number of piperazine rings is 2. The number of aromatic nitrogens is 2. The van der Waals surface area contributed by atoms with Crippen LogP contribution < -0.4 is 15.1 Å². The molecular weight excluding hydrogens is 434 g/mol. The van der Waals surface area contributed by atoms with E-state index in [1.54, 1.807) is 6.20 Å². The lowest BCUT2D eigenvalue weighted by molar-refractivity contribution is 0.0765. The van der Waals surface area contributed by atoms with Crippen molar-refractivity contribution in [3.63, 3.8) is 0 Å². The van der Waals surface area contributed by atoms with Gasteiger partial charge in [-0.15, -0.1) is 0 Å². The minimum absolute atomic E-state index is 0.491. The first-order valence-corrected chi connectivity index (χ1v) is 12.9. The Bertz CT molecular complexity index is 1230. The number of nitrogens with zero attached hydrogens (tertiary/aromatic N) is 6. The monoisotopic (exact) mass is 467 g/mol. The van der Waals surface area contributed by atoms with Crippen molar-refractivity contribution in [3.8, 4) is 6.07 Å². The molecule has 3 fully saturated rings. The average Bonchev–Trinajstić information content (AvgIpc) is 2.92.